The van der Waals surface area contributed by atoms with Crippen LogP contribution in [0.15, 0.2) is 60.7 Å². The molecule has 0 radical (unpaired) electrons. The highest BCUT2D eigenvalue weighted by atomic mass is 35.5. The first-order valence-corrected chi connectivity index (χ1v) is 14.7. The number of phenolic OH excluding ortho intramolecular Hbond substituents is 1. The Kier molecular flexibility index (Phi) is 8.11. The maximum Gasteiger partial charge on any atom is 0.407 e. The topological polar surface area (TPSA) is 120 Å². The lowest BCUT2D eigenvalue weighted by Crippen LogP contribution is -2.53. The van der Waals surface area contributed by atoms with Crippen molar-refractivity contribution in [3.63, 3.8) is 0 Å². The Labute approximate surface area is 263 Å². The summed E-state index contributed by atoms with van der Waals surface area (Å²) in [7, 11) is 3.13. The Hall–Kier alpha value is -5.03. The van der Waals surface area contributed by atoms with Gasteiger partial charge in [0.1, 0.15) is 28.6 Å². The van der Waals surface area contributed by atoms with Crippen LogP contribution in [0.2, 0.25) is 5.02 Å². The lowest BCUT2D eigenvalue weighted by atomic mass is 9.96. The van der Waals surface area contributed by atoms with Crippen LogP contribution < -0.4 is 19.7 Å². The van der Waals surface area contributed by atoms with Crippen molar-refractivity contribution in [2.45, 2.75) is 19.5 Å². The van der Waals surface area contributed by atoms with Gasteiger partial charge in [-0.3, -0.25) is 0 Å². The van der Waals surface area contributed by atoms with Gasteiger partial charge >= 0.3 is 6.09 Å². The Balaban J connectivity index is 1.51. The SMILES string of the molecule is COc1ccc(CNc2nc(N3CCN(C(=O)O)CC3C)c3cc(Cl)c(-c4cc(O)cc5ccccc45)c(F)c3n2)c(OC)c1. The number of nitrogens with zero attached hydrogens (tertiary/aromatic N) is 4. The van der Waals surface area contributed by atoms with Crippen LogP contribution in [0.5, 0.6) is 17.2 Å². The van der Waals surface area contributed by atoms with Crippen molar-refractivity contribution in [2.24, 2.45) is 0 Å². The number of piperazine rings is 1. The minimum atomic E-state index is -0.998. The van der Waals surface area contributed by atoms with Crippen molar-refractivity contribution in [3.8, 4) is 28.4 Å². The summed E-state index contributed by atoms with van der Waals surface area (Å²) >= 11 is 6.83. The van der Waals surface area contributed by atoms with E-state index in [0.29, 0.717) is 40.2 Å². The molecule has 0 bridgehead atoms. The van der Waals surface area contributed by atoms with Crippen molar-refractivity contribution >= 4 is 51.1 Å². The van der Waals surface area contributed by atoms with Crippen LogP contribution in [-0.4, -0.2) is 71.1 Å². The molecule has 1 aliphatic heterocycles. The number of aromatic nitrogens is 2. The van der Waals surface area contributed by atoms with Gasteiger partial charge in [0.15, 0.2) is 5.82 Å². The molecule has 1 unspecified atom stereocenters. The van der Waals surface area contributed by atoms with Crippen molar-refractivity contribution in [2.75, 3.05) is 44.1 Å². The molecule has 5 aromatic rings. The van der Waals surface area contributed by atoms with Gasteiger partial charge in [-0.1, -0.05) is 35.9 Å². The molecule has 1 aromatic heterocycles. The average Bonchev–Trinajstić information content (AvgIpc) is 3.03. The van der Waals surface area contributed by atoms with Crippen LogP contribution in [0.1, 0.15) is 12.5 Å². The summed E-state index contributed by atoms with van der Waals surface area (Å²) in [6, 6.07) is 17.2. The average molecular weight is 632 g/mol. The van der Waals surface area contributed by atoms with Gasteiger partial charge in [-0.15, -0.1) is 0 Å². The first-order valence-electron chi connectivity index (χ1n) is 14.3. The van der Waals surface area contributed by atoms with Gasteiger partial charge in [0.2, 0.25) is 5.95 Å². The van der Waals surface area contributed by atoms with Crippen LogP contribution in [0, 0.1) is 5.82 Å². The van der Waals surface area contributed by atoms with Crippen molar-refractivity contribution in [3.05, 3.63) is 77.1 Å². The summed E-state index contributed by atoms with van der Waals surface area (Å²) in [6.07, 6.45) is -0.998. The number of ether oxygens (including phenoxy) is 2. The monoisotopic (exact) mass is 631 g/mol. The van der Waals surface area contributed by atoms with Crippen LogP contribution in [0.3, 0.4) is 0 Å². The van der Waals surface area contributed by atoms with E-state index in [9.17, 15) is 15.0 Å². The molecule has 10 nitrogen and oxygen atoms in total. The van der Waals surface area contributed by atoms with Crippen molar-refractivity contribution in [1.82, 2.24) is 14.9 Å². The predicted molar refractivity (Wildman–Crippen MR) is 172 cm³/mol. The first kappa shape index (κ1) is 30.0. The number of methoxy groups -OCH3 is 2. The lowest BCUT2D eigenvalue weighted by Gasteiger charge is -2.39. The molecule has 6 rings (SSSR count). The normalized spacial score (nSPS) is 15.0. The molecule has 1 amide bonds. The summed E-state index contributed by atoms with van der Waals surface area (Å²) in [5.41, 5.74) is 1.36. The zero-order valence-corrected chi connectivity index (χ0v) is 25.6. The zero-order chi connectivity index (χ0) is 31.8. The highest BCUT2D eigenvalue weighted by Gasteiger charge is 2.30. The van der Waals surface area contributed by atoms with E-state index >= 15 is 4.39 Å². The quantitative estimate of drug-likeness (QED) is 0.179. The summed E-state index contributed by atoms with van der Waals surface area (Å²) < 4.78 is 27.6. The molecule has 0 aliphatic carbocycles. The third-order valence-electron chi connectivity index (χ3n) is 8.08. The van der Waals surface area contributed by atoms with Crippen LogP contribution in [0.4, 0.5) is 21.0 Å². The molecule has 3 N–H and O–H groups in total. The summed E-state index contributed by atoms with van der Waals surface area (Å²) in [4.78, 5) is 24.4. The third kappa shape index (κ3) is 5.66. The first-order chi connectivity index (χ1) is 21.7. The maximum atomic E-state index is 16.8. The third-order valence-corrected chi connectivity index (χ3v) is 8.38. The fraction of sp³-hybridized carbons (Fsp3) is 0.242. The van der Waals surface area contributed by atoms with Gasteiger partial charge in [0.05, 0.1) is 19.2 Å². The molecule has 232 valence electrons. The van der Waals surface area contributed by atoms with E-state index in [1.165, 1.54) is 11.0 Å². The van der Waals surface area contributed by atoms with Crippen molar-refractivity contribution < 1.29 is 28.9 Å². The van der Waals surface area contributed by atoms with Crippen LogP contribution in [0.25, 0.3) is 32.8 Å². The van der Waals surface area contributed by atoms with Gasteiger partial charge in [-0.05, 0) is 53.6 Å². The molecular formula is C33H31ClFN5O5. The van der Waals surface area contributed by atoms with E-state index in [4.69, 9.17) is 26.1 Å². The molecule has 45 heavy (non-hydrogen) atoms. The number of hydrogen-bond donors (Lipinski definition) is 3. The molecular weight excluding hydrogens is 601 g/mol. The number of carbonyl (C=O) groups is 1. The van der Waals surface area contributed by atoms with Gasteiger partial charge in [-0.25, -0.2) is 14.2 Å². The second-order valence-corrected chi connectivity index (χ2v) is 11.2. The Morgan fingerprint density at radius 3 is 2.60 bits per heavy atom. The minimum absolute atomic E-state index is 0.0245. The zero-order valence-electron chi connectivity index (χ0n) is 24.8. The highest BCUT2D eigenvalue weighted by molar-refractivity contribution is 6.35. The molecule has 1 saturated heterocycles. The number of aromatic hydroxyl groups is 1. The summed E-state index contributed by atoms with van der Waals surface area (Å²) in [5, 5.41) is 25.2. The van der Waals surface area contributed by atoms with E-state index < -0.39 is 11.9 Å². The molecule has 0 spiro atoms. The smallest absolute Gasteiger partial charge is 0.407 e. The van der Waals surface area contributed by atoms with Gasteiger partial charge in [-0.2, -0.15) is 4.98 Å². The largest absolute Gasteiger partial charge is 0.508 e. The lowest BCUT2D eigenvalue weighted by molar-refractivity contribution is 0.136. The molecule has 1 atom stereocenters. The Bertz CT molecular complexity index is 1940. The number of amides is 1. The van der Waals surface area contributed by atoms with E-state index in [1.54, 1.807) is 32.4 Å². The highest BCUT2D eigenvalue weighted by Crippen LogP contribution is 2.42. The Morgan fingerprint density at radius 1 is 1.07 bits per heavy atom. The molecule has 1 fully saturated rings. The molecule has 2 heterocycles. The number of nitrogens with one attached hydrogen (secondary N) is 1. The van der Waals surface area contributed by atoms with Crippen LogP contribution in [-0.2, 0) is 6.54 Å². The number of phenols is 1. The minimum Gasteiger partial charge on any atom is -0.508 e. The fourth-order valence-corrected chi connectivity index (χ4v) is 6.14. The summed E-state index contributed by atoms with van der Waals surface area (Å²) in [5.74, 6) is 1.13. The summed E-state index contributed by atoms with van der Waals surface area (Å²) in [6.45, 7) is 2.99. The van der Waals surface area contributed by atoms with E-state index in [0.717, 1.165) is 10.9 Å². The predicted octanol–water partition coefficient (Wildman–Crippen LogP) is 6.77. The van der Waals surface area contributed by atoms with Gasteiger partial charge < -0.3 is 34.8 Å². The number of benzene rings is 4. The van der Waals surface area contributed by atoms with Gasteiger partial charge in [0, 0.05) is 54.8 Å². The fourth-order valence-electron chi connectivity index (χ4n) is 5.84. The number of halogens is 2. The molecule has 12 heteroatoms. The van der Waals surface area contributed by atoms with E-state index in [-0.39, 0.29) is 53.5 Å². The van der Waals surface area contributed by atoms with E-state index in [2.05, 4.69) is 10.3 Å². The number of rotatable bonds is 7. The number of fused-ring (bicyclic) bond motifs is 2. The Morgan fingerprint density at radius 2 is 1.87 bits per heavy atom. The second kappa shape index (κ2) is 12.2. The maximum absolute atomic E-state index is 16.8. The standard InChI is InChI=1S/C33H31ClFN5O5/c1-18-17-39(33(42)43)10-11-40(18)31-25-15-26(34)28(24-13-21(41)12-19-6-4-5-7-23(19)24)29(35)30(25)37-32(38-31)36-16-20-8-9-22(44-2)14-27(20)45-3/h4-9,12-15,18,41H,10-11,16-17H2,1-3H3,(H,42,43)(H,36,37,38). The van der Waals surface area contributed by atoms with Crippen molar-refractivity contribution in [1.29, 1.82) is 0 Å². The molecule has 0 saturated carbocycles. The molecule has 4 aromatic carbocycles. The van der Waals surface area contributed by atoms with Gasteiger partial charge in [0.25, 0.3) is 0 Å². The number of hydrogen-bond acceptors (Lipinski definition) is 8. The number of carboxylic acid groups (broad SMARTS) is 1. The second-order valence-electron chi connectivity index (χ2n) is 10.8. The van der Waals surface area contributed by atoms with Crippen LogP contribution >= 0.6 is 11.6 Å². The number of anilines is 2. The van der Waals surface area contributed by atoms with E-state index in [1.807, 2.05) is 48.2 Å². The molecule has 1 aliphatic rings.